The van der Waals surface area contributed by atoms with Crippen LogP contribution in [-0.4, -0.2) is 11.9 Å². The molecule has 5 aliphatic rings. The smallest absolute Gasteiger partial charge is 0.223 e. The zero-order chi connectivity index (χ0) is 13.0. The van der Waals surface area contributed by atoms with Gasteiger partial charge in [0.05, 0.1) is 0 Å². The summed E-state index contributed by atoms with van der Waals surface area (Å²) in [6, 6.07) is 0.411. The molecule has 1 amide bonds. The minimum Gasteiger partial charge on any atom is -0.353 e. The molecule has 0 aromatic rings. The van der Waals surface area contributed by atoms with Gasteiger partial charge in [0.15, 0.2) is 0 Å². The molecular formula is C17H27NO. The third kappa shape index (κ3) is 1.94. The van der Waals surface area contributed by atoms with E-state index in [4.69, 9.17) is 0 Å². The Kier molecular flexibility index (Phi) is 2.72. The van der Waals surface area contributed by atoms with E-state index in [1.165, 1.54) is 44.9 Å². The van der Waals surface area contributed by atoms with Crippen molar-refractivity contribution in [2.45, 2.75) is 70.8 Å². The van der Waals surface area contributed by atoms with Crippen LogP contribution in [0.1, 0.15) is 64.7 Å². The van der Waals surface area contributed by atoms with Crippen LogP contribution in [0.3, 0.4) is 0 Å². The quantitative estimate of drug-likeness (QED) is 0.827. The fraction of sp³-hybridized carbons (Fsp3) is 0.941. The van der Waals surface area contributed by atoms with Crippen molar-refractivity contribution in [1.82, 2.24) is 5.32 Å². The Morgan fingerprint density at radius 3 is 2.00 bits per heavy atom. The van der Waals surface area contributed by atoms with Crippen molar-refractivity contribution in [3.63, 3.8) is 0 Å². The van der Waals surface area contributed by atoms with Gasteiger partial charge < -0.3 is 5.32 Å². The molecule has 0 saturated heterocycles. The number of nitrogens with one attached hydrogen (secondary N) is 1. The van der Waals surface area contributed by atoms with E-state index < -0.39 is 0 Å². The first-order valence-electron chi connectivity index (χ1n) is 8.45. The Bertz CT molecular complexity index is 349. The van der Waals surface area contributed by atoms with E-state index in [0.717, 1.165) is 30.6 Å². The topological polar surface area (TPSA) is 29.1 Å². The zero-order valence-electron chi connectivity index (χ0n) is 12.2. The predicted molar refractivity (Wildman–Crippen MR) is 75.6 cm³/mol. The van der Waals surface area contributed by atoms with Crippen molar-refractivity contribution < 1.29 is 4.79 Å². The van der Waals surface area contributed by atoms with E-state index in [2.05, 4.69) is 12.2 Å². The van der Waals surface area contributed by atoms with Gasteiger partial charge in [-0.3, -0.25) is 4.79 Å². The van der Waals surface area contributed by atoms with Crippen LogP contribution in [0.5, 0.6) is 0 Å². The summed E-state index contributed by atoms with van der Waals surface area (Å²) in [7, 11) is 0. The summed E-state index contributed by atoms with van der Waals surface area (Å²) in [6.07, 6.45) is 12.2. The first-order valence-corrected chi connectivity index (χ1v) is 8.45. The Morgan fingerprint density at radius 2 is 1.58 bits per heavy atom. The highest BCUT2D eigenvalue weighted by atomic mass is 16.2. The van der Waals surface area contributed by atoms with Crippen molar-refractivity contribution in [2.24, 2.45) is 29.1 Å². The summed E-state index contributed by atoms with van der Waals surface area (Å²) in [5.41, 5.74) is 0.466. The molecule has 0 unspecified atom stereocenters. The fourth-order valence-electron chi connectivity index (χ4n) is 5.86. The Morgan fingerprint density at radius 1 is 1.05 bits per heavy atom. The van der Waals surface area contributed by atoms with Gasteiger partial charge in [0.2, 0.25) is 5.91 Å². The van der Waals surface area contributed by atoms with E-state index in [-0.39, 0.29) is 0 Å². The highest BCUT2D eigenvalue weighted by Gasteiger charge is 2.53. The lowest BCUT2D eigenvalue weighted by atomic mass is 9.48. The molecule has 106 valence electrons. The molecule has 0 heterocycles. The monoisotopic (exact) mass is 261 g/mol. The third-order valence-corrected chi connectivity index (χ3v) is 6.84. The molecule has 4 bridgehead atoms. The molecule has 2 nitrogen and oxygen atoms in total. The summed E-state index contributed by atoms with van der Waals surface area (Å²) in [4.78, 5) is 12.2. The number of carbonyl (C=O) groups excluding carboxylic acids is 1. The summed E-state index contributed by atoms with van der Waals surface area (Å²) in [6.45, 7) is 2.30. The maximum Gasteiger partial charge on any atom is 0.223 e. The van der Waals surface area contributed by atoms with Gasteiger partial charge in [0.25, 0.3) is 0 Å². The minimum absolute atomic E-state index is 0.344. The van der Waals surface area contributed by atoms with Gasteiger partial charge in [0.1, 0.15) is 0 Å². The zero-order valence-corrected chi connectivity index (χ0v) is 12.2. The van der Waals surface area contributed by atoms with Crippen LogP contribution in [-0.2, 0) is 4.79 Å². The molecule has 1 atom stereocenters. The highest BCUT2D eigenvalue weighted by Crippen LogP contribution is 2.61. The maximum atomic E-state index is 12.2. The fourth-order valence-corrected chi connectivity index (χ4v) is 5.86. The lowest BCUT2D eigenvalue weighted by Crippen LogP contribution is -2.56. The number of hydrogen-bond acceptors (Lipinski definition) is 1. The molecule has 5 aliphatic carbocycles. The largest absolute Gasteiger partial charge is 0.353 e. The second-order valence-corrected chi connectivity index (χ2v) is 8.14. The minimum atomic E-state index is 0.344. The number of rotatable bonds is 3. The molecule has 19 heavy (non-hydrogen) atoms. The Hall–Kier alpha value is -0.530. The predicted octanol–water partition coefficient (Wildman–Crippen LogP) is 3.51. The molecule has 0 aromatic carbocycles. The first kappa shape index (κ1) is 12.2. The lowest BCUT2D eigenvalue weighted by Gasteiger charge is -2.59. The van der Waals surface area contributed by atoms with E-state index in [1.54, 1.807) is 0 Å². The van der Waals surface area contributed by atoms with Crippen LogP contribution in [0.4, 0.5) is 0 Å². The van der Waals surface area contributed by atoms with Gasteiger partial charge in [-0.15, -0.1) is 0 Å². The van der Waals surface area contributed by atoms with Crippen LogP contribution in [0.25, 0.3) is 0 Å². The van der Waals surface area contributed by atoms with E-state index in [1.807, 2.05) is 0 Å². The van der Waals surface area contributed by atoms with Crippen LogP contribution in [0.15, 0.2) is 0 Å². The molecule has 5 rings (SSSR count). The molecule has 5 saturated carbocycles. The average molecular weight is 261 g/mol. The van der Waals surface area contributed by atoms with E-state index >= 15 is 0 Å². The van der Waals surface area contributed by atoms with Crippen molar-refractivity contribution >= 4 is 5.91 Å². The molecule has 2 heteroatoms. The van der Waals surface area contributed by atoms with Gasteiger partial charge in [-0.05, 0) is 81.5 Å². The van der Waals surface area contributed by atoms with Gasteiger partial charge in [-0.2, -0.15) is 0 Å². The summed E-state index contributed by atoms with van der Waals surface area (Å²) < 4.78 is 0. The SMILES string of the molecule is C[C@H](NC(=O)C1CCC1)C12CC3CC(CC(C3)C1)C2. The Labute approximate surface area is 116 Å². The molecule has 5 fully saturated rings. The van der Waals surface area contributed by atoms with Crippen LogP contribution >= 0.6 is 0 Å². The van der Waals surface area contributed by atoms with E-state index in [9.17, 15) is 4.79 Å². The number of hydrogen-bond donors (Lipinski definition) is 1. The normalized spacial score (nSPS) is 45.8. The van der Waals surface area contributed by atoms with Crippen molar-refractivity contribution in [3.05, 3.63) is 0 Å². The molecule has 0 radical (unpaired) electrons. The van der Waals surface area contributed by atoms with Crippen LogP contribution in [0.2, 0.25) is 0 Å². The summed E-state index contributed by atoms with van der Waals surface area (Å²) in [5, 5.41) is 3.40. The van der Waals surface area contributed by atoms with Crippen molar-refractivity contribution in [3.8, 4) is 0 Å². The van der Waals surface area contributed by atoms with Gasteiger partial charge in [-0.25, -0.2) is 0 Å². The number of amides is 1. The maximum absolute atomic E-state index is 12.2. The molecule has 0 aromatic heterocycles. The van der Waals surface area contributed by atoms with Crippen molar-refractivity contribution in [1.29, 1.82) is 0 Å². The third-order valence-electron chi connectivity index (χ3n) is 6.84. The number of carbonyl (C=O) groups is 1. The second-order valence-electron chi connectivity index (χ2n) is 8.14. The summed E-state index contributed by atoms with van der Waals surface area (Å²) >= 11 is 0. The van der Waals surface area contributed by atoms with Crippen LogP contribution < -0.4 is 5.32 Å². The second kappa shape index (κ2) is 4.23. The molecule has 0 aliphatic heterocycles. The Balaban J connectivity index is 1.46. The summed E-state index contributed by atoms with van der Waals surface area (Å²) in [5.74, 6) is 3.64. The van der Waals surface area contributed by atoms with E-state index in [0.29, 0.717) is 23.3 Å². The average Bonchev–Trinajstić information content (AvgIpc) is 2.24. The van der Waals surface area contributed by atoms with Crippen molar-refractivity contribution in [2.75, 3.05) is 0 Å². The molecular weight excluding hydrogens is 234 g/mol. The van der Waals surface area contributed by atoms with Gasteiger partial charge in [0, 0.05) is 12.0 Å². The standard InChI is InChI=1S/C17H27NO/c1-11(18-16(19)15-3-2-4-15)17-8-12-5-13(9-17)7-14(6-12)10-17/h11-15H,2-10H2,1H3,(H,18,19)/t11-,12?,13?,14?,17?/m0/s1. The molecule has 0 spiro atoms. The van der Waals surface area contributed by atoms with Gasteiger partial charge in [-0.1, -0.05) is 6.42 Å². The van der Waals surface area contributed by atoms with Crippen LogP contribution in [0, 0.1) is 29.1 Å². The first-order chi connectivity index (χ1) is 9.14. The van der Waals surface area contributed by atoms with Gasteiger partial charge >= 0.3 is 0 Å². The lowest BCUT2D eigenvalue weighted by molar-refractivity contribution is -0.132. The molecule has 1 N–H and O–H groups in total. The highest BCUT2D eigenvalue weighted by molar-refractivity contribution is 5.79.